The monoisotopic (exact) mass is 396 g/mol. The number of hydrogen-bond donors (Lipinski definition) is 1. The number of allylic oxidation sites excluding steroid dienone is 1. The van der Waals surface area contributed by atoms with Gasteiger partial charge in [0.05, 0.1) is 19.2 Å². The molecule has 1 aromatic carbocycles. The molecule has 4 rings (SSSR count). The SMILES string of the molecule is COC(=O)CC=CC1CCN(Cc2ccc3c(c2)Nc2nccnc2S3)CC1. The maximum absolute atomic E-state index is 11.2. The van der Waals surface area contributed by atoms with E-state index in [1.54, 1.807) is 24.2 Å². The lowest BCUT2D eigenvalue weighted by molar-refractivity contribution is -0.139. The number of piperidine rings is 1. The molecule has 1 N–H and O–H groups in total. The van der Waals surface area contributed by atoms with Gasteiger partial charge in [-0.2, -0.15) is 0 Å². The summed E-state index contributed by atoms with van der Waals surface area (Å²) in [6, 6.07) is 6.60. The fraction of sp³-hybridized carbons (Fsp3) is 0.381. The molecule has 2 aromatic rings. The minimum absolute atomic E-state index is 0.179. The number of fused-ring (bicyclic) bond motifs is 2. The van der Waals surface area contributed by atoms with Crippen LogP contribution in [0, 0.1) is 5.92 Å². The highest BCUT2D eigenvalue weighted by Gasteiger charge is 2.20. The second kappa shape index (κ2) is 8.75. The summed E-state index contributed by atoms with van der Waals surface area (Å²) in [5, 5.41) is 4.32. The van der Waals surface area contributed by atoms with Gasteiger partial charge in [-0.25, -0.2) is 9.97 Å². The van der Waals surface area contributed by atoms with Gasteiger partial charge < -0.3 is 10.1 Å². The number of carbonyl (C=O) groups is 1. The van der Waals surface area contributed by atoms with Crippen molar-refractivity contribution < 1.29 is 9.53 Å². The standard InChI is InChI=1S/C21H24N4O2S/c1-27-19(26)4-2-3-15-7-11-25(12-8-15)14-16-5-6-18-17(13-16)24-20-21(28-18)23-10-9-22-20/h2-3,5-6,9-10,13,15H,4,7-8,11-12,14H2,1H3,(H,22,24). The smallest absolute Gasteiger partial charge is 0.309 e. The first-order valence-electron chi connectivity index (χ1n) is 9.56. The number of anilines is 2. The first kappa shape index (κ1) is 19.0. The van der Waals surface area contributed by atoms with Crippen molar-refractivity contribution in [3.8, 4) is 0 Å². The predicted octanol–water partition coefficient (Wildman–Crippen LogP) is 4.02. The molecule has 0 aliphatic carbocycles. The Kier molecular flexibility index (Phi) is 5.92. The first-order valence-corrected chi connectivity index (χ1v) is 10.4. The summed E-state index contributed by atoms with van der Waals surface area (Å²) in [6.45, 7) is 3.09. The largest absolute Gasteiger partial charge is 0.469 e. The lowest BCUT2D eigenvalue weighted by Gasteiger charge is -2.31. The number of rotatable bonds is 5. The van der Waals surface area contributed by atoms with E-state index < -0.39 is 0 Å². The Labute approximate surface area is 169 Å². The first-order chi connectivity index (χ1) is 13.7. The van der Waals surface area contributed by atoms with Crippen LogP contribution in [0.15, 0.2) is 52.7 Å². The van der Waals surface area contributed by atoms with Crippen LogP contribution >= 0.6 is 11.8 Å². The van der Waals surface area contributed by atoms with Gasteiger partial charge in [-0.1, -0.05) is 30.0 Å². The van der Waals surface area contributed by atoms with E-state index in [1.807, 2.05) is 6.08 Å². The maximum atomic E-state index is 11.2. The molecule has 0 radical (unpaired) electrons. The third kappa shape index (κ3) is 4.54. The van der Waals surface area contributed by atoms with Gasteiger partial charge in [0.15, 0.2) is 5.82 Å². The molecular weight excluding hydrogens is 372 g/mol. The molecule has 3 heterocycles. The number of benzene rings is 1. The van der Waals surface area contributed by atoms with E-state index in [0.717, 1.165) is 49.0 Å². The number of ether oxygens (including phenoxy) is 1. The van der Waals surface area contributed by atoms with Crippen molar-refractivity contribution in [2.75, 3.05) is 25.5 Å². The van der Waals surface area contributed by atoms with Crippen molar-refractivity contribution >= 4 is 29.2 Å². The number of carbonyl (C=O) groups excluding carboxylic acids is 1. The van der Waals surface area contributed by atoms with E-state index >= 15 is 0 Å². The summed E-state index contributed by atoms with van der Waals surface area (Å²) < 4.78 is 4.67. The zero-order valence-corrected chi connectivity index (χ0v) is 16.7. The molecule has 2 aliphatic heterocycles. The highest BCUT2D eigenvalue weighted by molar-refractivity contribution is 7.99. The normalized spacial score (nSPS) is 17.0. The number of nitrogens with one attached hydrogen (secondary N) is 1. The van der Waals surface area contributed by atoms with Gasteiger partial charge in [0.2, 0.25) is 0 Å². The minimum atomic E-state index is -0.179. The summed E-state index contributed by atoms with van der Waals surface area (Å²) in [5.74, 6) is 1.20. The average molecular weight is 397 g/mol. The molecule has 0 spiro atoms. The minimum Gasteiger partial charge on any atom is -0.469 e. The zero-order valence-electron chi connectivity index (χ0n) is 15.9. The Morgan fingerprint density at radius 3 is 2.96 bits per heavy atom. The number of methoxy groups -OCH3 is 1. The Hall–Kier alpha value is -2.38. The Bertz CT molecular complexity index is 878. The van der Waals surface area contributed by atoms with Crippen LogP contribution in [0.3, 0.4) is 0 Å². The molecule has 0 amide bonds. The molecule has 146 valence electrons. The van der Waals surface area contributed by atoms with Gasteiger partial charge in [-0.15, -0.1) is 0 Å². The fourth-order valence-corrected chi connectivity index (χ4v) is 4.46. The molecule has 2 aliphatic rings. The molecule has 1 saturated heterocycles. The second-order valence-corrected chi connectivity index (χ2v) is 8.12. The van der Waals surface area contributed by atoms with Crippen molar-refractivity contribution in [2.45, 2.75) is 35.7 Å². The Balaban J connectivity index is 1.31. The summed E-state index contributed by atoms with van der Waals surface area (Å²) >= 11 is 1.66. The predicted molar refractivity (Wildman–Crippen MR) is 110 cm³/mol. The summed E-state index contributed by atoms with van der Waals surface area (Å²) in [4.78, 5) is 23.6. The Morgan fingerprint density at radius 1 is 1.32 bits per heavy atom. The van der Waals surface area contributed by atoms with Crippen molar-refractivity contribution in [2.24, 2.45) is 5.92 Å². The van der Waals surface area contributed by atoms with Crippen LogP contribution in [0.4, 0.5) is 11.5 Å². The number of esters is 1. The molecule has 0 unspecified atom stereocenters. The van der Waals surface area contributed by atoms with Gasteiger partial charge in [0.25, 0.3) is 0 Å². The lowest BCUT2D eigenvalue weighted by atomic mass is 9.95. The highest BCUT2D eigenvalue weighted by Crippen LogP contribution is 2.42. The fourth-order valence-electron chi connectivity index (χ4n) is 3.58. The molecular formula is C21H24N4O2S. The van der Waals surface area contributed by atoms with Crippen LogP contribution < -0.4 is 5.32 Å². The summed E-state index contributed by atoms with van der Waals surface area (Å²) in [5.41, 5.74) is 2.41. The number of likely N-dealkylation sites (tertiary alicyclic amines) is 1. The van der Waals surface area contributed by atoms with Gasteiger partial charge in [0, 0.05) is 23.8 Å². The molecule has 1 fully saturated rings. The van der Waals surface area contributed by atoms with Gasteiger partial charge in [0.1, 0.15) is 5.03 Å². The van der Waals surface area contributed by atoms with Crippen molar-refractivity contribution in [1.82, 2.24) is 14.9 Å². The molecule has 0 saturated carbocycles. The van der Waals surface area contributed by atoms with E-state index in [1.165, 1.54) is 17.6 Å². The molecule has 6 nitrogen and oxygen atoms in total. The zero-order chi connectivity index (χ0) is 19.3. The topological polar surface area (TPSA) is 67.3 Å². The maximum Gasteiger partial charge on any atom is 0.309 e. The van der Waals surface area contributed by atoms with Crippen molar-refractivity contribution in [3.05, 3.63) is 48.3 Å². The van der Waals surface area contributed by atoms with Crippen LogP contribution in [0.1, 0.15) is 24.8 Å². The van der Waals surface area contributed by atoms with E-state index in [2.05, 4.69) is 49.2 Å². The lowest BCUT2D eigenvalue weighted by Crippen LogP contribution is -2.32. The number of aromatic nitrogens is 2. The van der Waals surface area contributed by atoms with E-state index in [-0.39, 0.29) is 5.97 Å². The second-order valence-electron chi connectivity index (χ2n) is 7.09. The third-order valence-corrected chi connectivity index (χ3v) is 6.20. The Morgan fingerprint density at radius 2 is 2.14 bits per heavy atom. The van der Waals surface area contributed by atoms with E-state index in [4.69, 9.17) is 0 Å². The number of nitrogens with zero attached hydrogens (tertiary/aromatic N) is 3. The quantitative estimate of drug-likeness (QED) is 0.516. The van der Waals surface area contributed by atoms with Crippen molar-refractivity contribution in [3.63, 3.8) is 0 Å². The van der Waals surface area contributed by atoms with Crippen molar-refractivity contribution in [1.29, 1.82) is 0 Å². The van der Waals surface area contributed by atoms with Crippen LogP contribution in [-0.2, 0) is 16.1 Å². The summed E-state index contributed by atoms with van der Waals surface area (Å²) in [7, 11) is 1.43. The molecule has 7 heteroatoms. The van der Waals surface area contributed by atoms with Crippen LogP contribution in [0.2, 0.25) is 0 Å². The van der Waals surface area contributed by atoms with Gasteiger partial charge in [-0.05, 0) is 49.5 Å². The molecule has 0 atom stereocenters. The van der Waals surface area contributed by atoms with E-state index in [0.29, 0.717) is 12.3 Å². The third-order valence-electron chi connectivity index (χ3n) is 5.13. The van der Waals surface area contributed by atoms with Gasteiger partial charge in [-0.3, -0.25) is 9.69 Å². The number of hydrogen-bond acceptors (Lipinski definition) is 7. The van der Waals surface area contributed by atoms with Crippen LogP contribution in [0.25, 0.3) is 0 Å². The molecule has 1 aromatic heterocycles. The van der Waals surface area contributed by atoms with Crippen LogP contribution in [-0.4, -0.2) is 41.0 Å². The molecule has 0 bridgehead atoms. The van der Waals surface area contributed by atoms with Crippen LogP contribution in [0.5, 0.6) is 0 Å². The summed E-state index contributed by atoms with van der Waals surface area (Å²) in [6.07, 6.45) is 10.2. The van der Waals surface area contributed by atoms with E-state index in [9.17, 15) is 4.79 Å². The highest BCUT2D eigenvalue weighted by atomic mass is 32.2. The average Bonchev–Trinajstić information content (AvgIpc) is 2.73. The molecule has 28 heavy (non-hydrogen) atoms. The van der Waals surface area contributed by atoms with Gasteiger partial charge >= 0.3 is 5.97 Å².